The Morgan fingerprint density at radius 2 is 1.74 bits per heavy atom. The lowest BCUT2D eigenvalue weighted by atomic mass is 10.1. The molecule has 0 aromatic heterocycles. The molecule has 0 atom stereocenters. The van der Waals surface area contributed by atoms with E-state index in [9.17, 15) is 9.18 Å². The van der Waals surface area contributed by atoms with Crippen molar-refractivity contribution in [3.63, 3.8) is 0 Å². The van der Waals surface area contributed by atoms with Gasteiger partial charge in [0, 0.05) is 17.8 Å². The lowest BCUT2D eigenvalue weighted by Gasteiger charge is -2.23. The van der Waals surface area contributed by atoms with E-state index < -0.39 is 0 Å². The normalized spacial score (nSPS) is 10.3. The van der Waals surface area contributed by atoms with Crippen molar-refractivity contribution in [1.82, 2.24) is 0 Å². The molecule has 2 nitrogen and oxygen atoms in total. The Balaban J connectivity index is 2.35. The Hall–Kier alpha value is -2.16. The summed E-state index contributed by atoms with van der Waals surface area (Å²) in [5.74, 6) is -0.452. The van der Waals surface area contributed by atoms with E-state index in [0.717, 1.165) is 11.3 Å². The van der Waals surface area contributed by atoms with Crippen LogP contribution in [0, 0.1) is 12.7 Å². The number of hydrogen-bond donors (Lipinski definition) is 0. The molecular formula is C16H16FNO. The molecule has 0 heterocycles. The fraction of sp³-hybridized carbons (Fsp3) is 0.188. The first-order chi connectivity index (χ1) is 9.13. The molecule has 0 saturated carbocycles. The maximum absolute atomic E-state index is 12.9. The molecule has 2 aromatic carbocycles. The number of carbonyl (C=O) groups is 1. The predicted molar refractivity (Wildman–Crippen MR) is 74.9 cm³/mol. The lowest BCUT2D eigenvalue weighted by molar-refractivity contribution is 0.0988. The van der Waals surface area contributed by atoms with Gasteiger partial charge in [0.15, 0.2) is 0 Å². The Morgan fingerprint density at radius 3 is 2.32 bits per heavy atom. The van der Waals surface area contributed by atoms with Crippen molar-refractivity contribution < 1.29 is 9.18 Å². The van der Waals surface area contributed by atoms with Crippen molar-refractivity contribution in [2.45, 2.75) is 13.8 Å². The quantitative estimate of drug-likeness (QED) is 0.819. The third-order valence-corrected chi connectivity index (χ3v) is 3.06. The van der Waals surface area contributed by atoms with Gasteiger partial charge in [-0.2, -0.15) is 0 Å². The van der Waals surface area contributed by atoms with Crippen LogP contribution in [0.3, 0.4) is 0 Å². The fourth-order valence-corrected chi connectivity index (χ4v) is 2.04. The van der Waals surface area contributed by atoms with Crippen LogP contribution < -0.4 is 4.90 Å². The zero-order valence-corrected chi connectivity index (χ0v) is 11.1. The van der Waals surface area contributed by atoms with E-state index in [1.165, 1.54) is 24.3 Å². The van der Waals surface area contributed by atoms with E-state index in [1.54, 1.807) is 4.90 Å². The van der Waals surface area contributed by atoms with Gasteiger partial charge in [-0.05, 0) is 49.7 Å². The number of amides is 1. The number of anilines is 1. The summed E-state index contributed by atoms with van der Waals surface area (Å²) in [6.07, 6.45) is 0. The summed E-state index contributed by atoms with van der Waals surface area (Å²) >= 11 is 0. The first-order valence-corrected chi connectivity index (χ1v) is 6.26. The van der Waals surface area contributed by atoms with Crippen LogP contribution in [0.2, 0.25) is 0 Å². The van der Waals surface area contributed by atoms with Gasteiger partial charge in [0.2, 0.25) is 0 Å². The SMILES string of the molecule is CCN(C(=O)c1ccc(F)cc1)c1ccccc1C. The standard InChI is InChI=1S/C16H16FNO/c1-3-18(15-7-5-4-6-12(15)2)16(19)13-8-10-14(17)11-9-13/h4-11H,3H2,1-2H3. The maximum atomic E-state index is 12.9. The molecular weight excluding hydrogens is 241 g/mol. The molecule has 0 aliphatic rings. The van der Waals surface area contributed by atoms with Crippen LogP contribution in [0.15, 0.2) is 48.5 Å². The molecule has 0 radical (unpaired) electrons. The second-order valence-corrected chi connectivity index (χ2v) is 4.34. The molecule has 0 aliphatic heterocycles. The minimum atomic E-state index is -0.338. The Morgan fingerprint density at radius 1 is 1.11 bits per heavy atom. The van der Waals surface area contributed by atoms with Crippen molar-refractivity contribution in [1.29, 1.82) is 0 Å². The van der Waals surface area contributed by atoms with Gasteiger partial charge in [0.1, 0.15) is 5.82 Å². The Kier molecular flexibility index (Phi) is 3.95. The van der Waals surface area contributed by atoms with Gasteiger partial charge in [-0.15, -0.1) is 0 Å². The van der Waals surface area contributed by atoms with Crippen LogP contribution >= 0.6 is 0 Å². The largest absolute Gasteiger partial charge is 0.308 e. The summed E-state index contributed by atoms with van der Waals surface area (Å²) in [6.45, 7) is 4.46. The van der Waals surface area contributed by atoms with E-state index >= 15 is 0 Å². The van der Waals surface area contributed by atoms with Crippen LogP contribution in [0.4, 0.5) is 10.1 Å². The second kappa shape index (κ2) is 5.65. The van der Waals surface area contributed by atoms with E-state index in [4.69, 9.17) is 0 Å². The number of carbonyl (C=O) groups excluding carboxylic acids is 1. The van der Waals surface area contributed by atoms with Crippen molar-refractivity contribution in [3.05, 3.63) is 65.5 Å². The molecule has 3 heteroatoms. The van der Waals surface area contributed by atoms with Gasteiger partial charge in [-0.1, -0.05) is 18.2 Å². The number of nitrogens with zero attached hydrogens (tertiary/aromatic N) is 1. The molecule has 0 fully saturated rings. The van der Waals surface area contributed by atoms with Gasteiger partial charge in [0.25, 0.3) is 5.91 Å². The molecule has 0 unspecified atom stereocenters. The summed E-state index contributed by atoms with van der Waals surface area (Å²) in [5, 5.41) is 0. The van der Waals surface area contributed by atoms with Crippen LogP contribution in [0.1, 0.15) is 22.8 Å². The van der Waals surface area contributed by atoms with Gasteiger partial charge in [0.05, 0.1) is 0 Å². The Labute approximate surface area is 112 Å². The van der Waals surface area contributed by atoms with Crippen molar-refractivity contribution >= 4 is 11.6 Å². The topological polar surface area (TPSA) is 20.3 Å². The molecule has 19 heavy (non-hydrogen) atoms. The monoisotopic (exact) mass is 257 g/mol. The number of rotatable bonds is 3. The van der Waals surface area contributed by atoms with E-state index in [0.29, 0.717) is 12.1 Å². The highest BCUT2D eigenvalue weighted by atomic mass is 19.1. The summed E-state index contributed by atoms with van der Waals surface area (Å²) in [6, 6.07) is 13.4. The van der Waals surface area contributed by atoms with E-state index in [2.05, 4.69) is 0 Å². The first kappa shape index (κ1) is 13.3. The number of halogens is 1. The molecule has 0 saturated heterocycles. The Bertz CT molecular complexity index is 578. The molecule has 0 spiro atoms. The minimum absolute atomic E-state index is 0.114. The zero-order valence-electron chi connectivity index (χ0n) is 11.1. The summed E-state index contributed by atoms with van der Waals surface area (Å²) in [5.41, 5.74) is 2.42. The van der Waals surface area contributed by atoms with Crippen LogP contribution in [-0.2, 0) is 0 Å². The maximum Gasteiger partial charge on any atom is 0.258 e. The van der Waals surface area contributed by atoms with Gasteiger partial charge in [-0.25, -0.2) is 4.39 Å². The number of para-hydroxylation sites is 1. The third kappa shape index (κ3) is 2.81. The third-order valence-electron chi connectivity index (χ3n) is 3.06. The smallest absolute Gasteiger partial charge is 0.258 e. The van der Waals surface area contributed by atoms with E-state index in [1.807, 2.05) is 38.1 Å². The highest BCUT2D eigenvalue weighted by Crippen LogP contribution is 2.21. The molecule has 2 aromatic rings. The molecule has 0 aliphatic carbocycles. The van der Waals surface area contributed by atoms with Crippen LogP contribution in [0.5, 0.6) is 0 Å². The summed E-state index contributed by atoms with van der Waals surface area (Å²) < 4.78 is 12.9. The highest BCUT2D eigenvalue weighted by molar-refractivity contribution is 6.06. The number of benzene rings is 2. The number of aryl methyl sites for hydroxylation is 1. The molecule has 0 N–H and O–H groups in total. The second-order valence-electron chi connectivity index (χ2n) is 4.34. The van der Waals surface area contributed by atoms with E-state index in [-0.39, 0.29) is 11.7 Å². The van der Waals surface area contributed by atoms with Gasteiger partial charge < -0.3 is 4.90 Å². The molecule has 1 amide bonds. The minimum Gasteiger partial charge on any atom is -0.308 e. The predicted octanol–water partition coefficient (Wildman–Crippen LogP) is 3.80. The number of hydrogen-bond acceptors (Lipinski definition) is 1. The highest BCUT2D eigenvalue weighted by Gasteiger charge is 2.17. The zero-order chi connectivity index (χ0) is 13.8. The molecule has 98 valence electrons. The van der Waals surface area contributed by atoms with Gasteiger partial charge in [-0.3, -0.25) is 4.79 Å². The fourth-order valence-electron chi connectivity index (χ4n) is 2.04. The first-order valence-electron chi connectivity index (χ1n) is 6.26. The van der Waals surface area contributed by atoms with Crippen molar-refractivity contribution in [3.8, 4) is 0 Å². The van der Waals surface area contributed by atoms with Crippen molar-refractivity contribution in [2.24, 2.45) is 0 Å². The average Bonchev–Trinajstić information content (AvgIpc) is 2.42. The van der Waals surface area contributed by atoms with Crippen LogP contribution in [-0.4, -0.2) is 12.5 Å². The summed E-state index contributed by atoms with van der Waals surface area (Å²) in [4.78, 5) is 14.1. The molecule has 0 bridgehead atoms. The lowest BCUT2D eigenvalue weighted by Crippen LogP contribution is -2.31. The molecule has 2 rings (SSSR count). The average molecular weight is 257 g/mol. The summed E-state index contributed by atoms with van der Waals surface area (Å²) in [7, 11) is 0. The van der Waals surface area contributed by atoms with Gasteiger partial charge >= 0.3 is 0 Å². The van der Waals surface area contributed by atoms with Crippen molar-refractivity contribution in [2.75, 3.05) is 11.4 Å². The van der Waals surface area contributed by atoms with Crippen LogP contribution in [0.25, 0.3) is 0 Å².